The van der Waals surface area contributed by atoms with Gasteiger partial charge in [0.15, 0.2) is 5.69 Å². The minimum Gasteiger partial charge on any atom is -0.351 e. The highest BCUT2D eigenvalue weighted by atomic mass is 35.5. The second-order valence-corrected chi connectivity index (χ2v) is 5.40. The zero-order valence-corrected chi connectivity index (χ0v) is 12.3. The summed E-state index contributed by atoms with van der Waals surface area (Å²) >= 11 is 5.92. The van der Waals surface area contributed by atoms with Crippen LogP contribution in [0, 0.1) is 5.92 Å². The van der Waals surface area contributed by atoms with Crippen LogP contribution in [0.15, 0.2) is 30.5 Å². The molecule has 1 aromatic carbocycles. The Balaban J connectivity index is 2.03. The molecule has 1 aromatic heterocycles. The fraction of sp³-hybridized carbons (Fsp3) is 0.357. The van der Waals surface area contributed by atoms with Gasteiger partial charge >= 0.3 is 0 Å². The standard InChI is InChI=1S/C14H17ClN4O/c1-10(2)6-7-16-14(20)13-9-19(18-17-13)12-5-3-4-11(15)8-12/h3-5,8-10H,6-7H2,1-2H3,(H,16,20). The molecule has 6 heteroatoms. The van der Waals surface area contributed by atoms with Crippen LogP contribution in [0.3, 0.4) is 0 Å². The van der Waals surface area contributed by atoms with Crippen molar-refractivity contribution in [3.05, 3.63) is 41.2 Å². The van der Waals surface area contributed by atoms with Crippen molar-refractivity contribution in [3.8, 4) is 5.69 Å². The van der Waals surface area contributed by atoms with E-state index in [4.69, 9.17) is 11.6 Å². The summed E-state index contributed by atoms with van der Waals surface area (Å²) in [6.45, 7) is 4.86. The molecule has 0 saturated heterocycles. The maximum absolute atomic E-state index is 11.9. The molecule has 0 spiro atoms. The minimum atomic E-state index is -0.209. The smallest absolute Gasteiger partial charge is 0.273 e. The van der Waals surface area contributed by atoms with Crippen molar-refractivity contribution in [2.45, 2.75) is 20.3 Å². The summed E-state index contributed by atoms with van der Waals surface area (Å²) in [5, 5.41) is 11.3. The number of nitrogens with zero attached hydrogens (tertiary/aromatic N) is 3. The van der Waals surface area contributed by atoms with E-state index >= 15 is 0 Å². The molecule has 1 amide bonds. The maximum Gasteiger partial charge on any atom is 0.273 e. The Morgan fingerprint density at radius 2 is 2.25 bits per heavy atom. The van der Waals surface area contributed by atoms with Gasteiger partial charge in [0.1, 0.15) is 0 Å². The van der Waals surface area contributed by atoms with E-state index in [-0.39, 0.29) is 5.91 Å². The predicted octanol–water partition coefficient (Wildman–Crippen LogP) is 2.70. The molecule has 0 aliphatic heterocycles. The van der Waals surface area contributed by atoms with Gasteiger partial charge in [-0.2, -0.15) is 0 Å². The highest BCUT2D eigenvalue weighted by Crippen LogP contribution is 2.13. The van der Waals surface area contributed by atoms with Crippen molar-refractivity contribution in [2.75, 3.05) is 6.54 Å². The molecule has 20 heavy (non-hydrogen) atoms. The number of halogens is 1. The van der Waals surface area contributed by atoms with E-state index in [1.165, 1.54) is 4.68 Å². The molecule has 1 N–H and O–H groups in total. The largest absolute Gasteiger partial charge is 0.351 e. The van der Waals surface area contributed by atoms with Crippen molar-refractivity contribution < 1.29 is 4.79 Å². The molecule has 0 atom stereocenters. The zero-order valence-electron chi connectivity index (χ0n) is 11.5. The van der Waals surface area contributed by atoms with Gasteiger partial charge in [-0.05, 0) is 30.5 Å². The molecule has 2 aromatic rings. The third-order valence-corrected chi connectivity index (χ3v) is 3.04. The van der Waals surface area contributed by atoms with Gasteiger partial charge in [-0.1, -0.05) is 36.7 Å². The lowest BCUT2D eigenvalue weighted by molar-refractivity contribution is 0.0947. The first-order valence-corrected chi connectivity index (χ1v) is 6.90. The highest BCUT2D eigenvalue weighted by Gasteiger charge is 2.11. The quantitative estimate of drug-likeness (QED) is 0.922. The van der Waals surface area contributed by atoms with E-state index < -0.39 is 0 Å². The van der Waals surface area contributed by atoms with Crippen LogP contribution >= 0.6 is 11.6 Å². The monoisotopic (exact) mass is 292 g/mol. The van der Waals surface area contributed by atoms with Gasteiger partial charge in [0.25, 0.3) is 5.91 Å². The van der Waals surface area contributed by atoms with Crippen molar-refractivity contribution in [1.82, 2.24) is 20.3 Å². The molecule has 2 rings (SSSR count). The van der Waals surface area contributed by atoms with Gasteiger partial charge in [-0.25, -0.2) is 4.68 Å². The Hall–Kier alpha value is -1.88. The fourth-order valence-corrected chi connectivity index (χ4v) is 1.86. The zero-order chi connectivity index (χ0) is 14.5. The van der Waals surface area contributed by atoms with Crippen LogP contribution in [0.25, 0.3) is 5.69 Å². The van der Waals surface area contributed by atoms with Crippen molar-refractivity contribution in [1.29, 1.82) is 0 Å². The minimum absolute atomic E-state index is 0.209. The van der Waals surface area contributed by atoms with Gasteiger partial charge in [-0.15, -0.1) is 5.10 Å². The van der Waals surface area contributed by atoms with Crippen molar-refractivity contribution in [2.24, 2.45) is 5.92 Å². The molecule has 0 radical (unpaired) electrons. The lowest BCUT2D eigenvalue weighted by Crippen LogP contribution is -2.25. The second-order valence-electron chi connectivity index (χ2n) is 4.97. The summed E-state index contributed by atoms with van der Waals surface area (Å²) in [5.41, 5.74) is 1.07. The van der Waals surface area contributed by atoms with Gasteiger partial charge in [-0.3, -0.25) is 4.79 Å². The molecule has 5 nitrogen and oxygen atoms in total. The van der Waals surface area contributed by atoms with Crippen LogP contribution < -0.4 is 5.32 Å². The van der Waals surface area contributed by atoms with Gasteiger partial charge in [0, 0.05) is 11.6 Å². The summed E-state index contributed by atoms with van der Waals surface area (Å²) < 4.78 is 1.53. The predicted molar refractivity (Wildman–Crippen MR) is 78.2 cm³/mol. The van der Waals surface area contributed by atoms with Crippen LogP contribution in [0.4, 0.5) is 0 Å². The van der Waals surface area contributed by atoms with Crippen molar-refractivity contribution in [3.63, 3.8) is 0 Å². The second kappa shape index (κ2) is 6.52. The highest BCUT2D eigenvalue weighted by molar-refractivity contribution is 6.30. The average Bonchev–Trinajstić information content (AvgIpc) is 2.87. The average molecular weight is 293 g/mol. The Morgan fingerprint density at radius 1 is 1.45 bits per heavy atom. The number of aromatic nitrogens is 3. The summed E-state index contributed by atoms with van der Waals surface area (Å²) in [5.74, 6) is 0.344. The number of carbonyl (C=O) groups is 1. The van der Waals surface area contributed by atoms with Gasteiger partial charge in [0.2, 0.25) is 0 Å². The number of hydrogen-bond donors (Lipinski definition) is 1. The SMILES string of the molecule is CC(C)CCNC(=O)c1cn(-c2cccc(Cl)c2)nn1. The van der Waals surface area contributed by atoms with Crippen molar-refractivity contribution >= 4 is 17.5 Å². The number of benzene rings is 1. The molecular weight excluding hydrogens is 276 g/mol. The van der Waals surface area contributed by atoms with Crippen LogP contribution in [0.2, 0.25) is 5.02 Å². The first kappa shape index (κ1) is 14.5. The van der Waals surface area contributed by atoms with E-state index in [9.17, 15) is 4.79 Å². The molecular formula is C14H17ClN4O. The summed E-state index contributed by atoms with van der Waals surface area (Å²) in [7, 11) is 0. The number of carbonyl (C=O) groups excluding carboxylic acids is 1. The molecule has 106 valence electrons. The Labute approximate surface area is 122 Å². The fourth-order valence-electron chi connectivity index (χ4n) is 1.68. The third kappa shape index (κ3) is 3.81. The Morgan fingerprint density at radius 3 is 2.95 bits per heavy atom. The summed E-state index contributed by atoms with van der Waals surface area (Å²) in [6, 6.07) is 7.21. The lowest BCUT2D eigenvalue weighted by atomic mass is 10.1. The molecule has 0 unspecified atom stereocenters. The number of rotatable bonds is 5. The summed E-state index contributed by atoms with van der Waals surface area (Å²) in [6.07, 6.45) is 2.53. The topological polar surface area (TPSA) is 59.8 Å². The molecule has 0 aliphatic carbocycles. The third-order valence-electron chi connectivity index (χ3n) is 2.81. The normalized spacial score (nSPS) is 10.8. The van der Waals surface area contributed by atoms with E-state index in [0.29, 0.717) is 23.2 Å². The van der Waals surface area contributed by atoms with Gasteiger partial charge < -0.3 is 5.32 Å². The summed E-state index contributed by atoms with van der Waals surface area (Å²) in [4.78, 5) is 11.9. The van der Waals surface area contributed by atoms with Crippen LogP contribution in [-0.2, 0) is 0 Å². The van der Waals surface area contributed by atoms with E-state index in [0.717, 1.165) is 12.1 Å². The molecule has 0 aliphatic rings. The van der Waals surface area contributed by atoms with Crippen LogP contribution in [-0.4, -0.2) is 27.4 Å². The van der Waals surface area contributed by atoms with Gasteiger partial charge in [0.05, 0.1) is 11.9 Å². The molecule has 0 fully saturated rings. The first-order valence-electron chi connectivity index (χ1n) is 6.53. The number of hydrogen-bond acceptors (Lipinski definition) is 3. The Kier molecular flexibility index (Phi) is 4.74. The molecule has 0 bridgehead atoms. The molecule has 0 saturated carbocycles. The van der Waals surface area contributed by atoms with Crippen LogP contribution in [0.5, 0.6) is 0 Å². The molecule has 1 heterocycles. The number of amides is 1. The van der Waals surface area contributed by atoms with E-state index in [1.54, 1.807) is 18.3 Å². The Bertz CT molecular complexity index is 594. The first-order chi connectivity index (χ1) is 9.56. The van der Waals surface area contributed by atoms with E-state index in [1.807, 2.05) is 12.1 Å². The van der Waals surface area contributed by atoms with Crippen LogP contribution in [0.1, 0.15) is 30.8 Å². The maximum atomic E-state index is 11.9. The lowest BCUT2D eigenvalue weighted by Gasteiger charge is -2.04. The van der Waals surface area contributed by atoms with E-state index in [2.05, 4.69) is 29.5 Å². The number of nitrogens with one attached hydrogen (secondary N) is 1.